The van der Waals surface area contributed by atoms with E-state index in [-0.39, 0.29) is 18.4 Å². The number of aromatic nitrogens is 2. The maximum absolute atomic E-state index is 11.6. The van der Waals surface area contributed by atoms with Gasteiger partial charge in [0.1, 0.15) is 12.6 Å². The van der Waals surface area contributed by atoms with Gasteiger partial charge in [0.2, 0.25) is 5.89 Å². The lowest BCUT2D eigenvalue weighted by Crippen LogP contribution is -2.02. The molecular formula is C5H7ClFN3O. The fraction of sp³-hybridized carbons (Fsp3) is 0.600. The highest BCUT2D eigenvalue weighted by Crippen LogP contribution is 2.06. The number of rotatable bonds is 4. The van der Waals surface area contributed by atoms with Crippen LogP contribution in [0.1, 0.15) is 5.89 Å². The minimum Gasteiger partial charge on any atom is -0.407 e. The van der Waals surface area contributed by atoms with Gasteiger partial charge < -0.3 is 9.73 Å². The molecule has 0 saturated heterocycles. The van der Waals surface area contributed by atoms with Crippen LogP contribution in [0.3, 0.4) is 0 Å². The second-order valence-corrected chi connectivity index (χ2v) is 2.02. The lowest BCUT2D eigenvalue weighted by Gasteiger charge is -1.92. The number of hydrogen-bond acceptors (Lipinski definition) is 4. The van der Waals surface area contributed by atoms with Crippen molar-refractivity contribution >= 4 is 17.6 Å². The summed E-state index contributed by atoms with van der Waals surface area (Å²) in [6.45, 7) is -0.303. The van der Waals surface area contributed by atoms with Gasteiger partial charge in [-0.2, -0.15) is 0 Å². The van der Waals surface area contributed by atoms with Crippen molar-refractivity contribution in [2.45, 2.75) is 5.88 Å². The monoisotopic (exact) mass is 179 g/mol. The molecule has 11 heavy (non-hydrogen) atoms. The largest absolute Gasteiger partial charge is 0.407 e. The zero-order valence-corrected chi connectivity index (χ0v) is 6.44. The third-order valence-electron chi connectivity index (χ3n) is 0.952. The second-order valence-electron chi connectivity index (χ2n) is 1.75. The summed E-state index contributed by atoms with van der Waals surface area (Å²) in [5, 5.41) is 9.67. The lowest BCUT2D eigenvalue weighted by molar-refractivity contribution is 0.493. The first-order valence-corrected chi connectivity index (χ1v) is 3.58. The van der Waals surface area contributed by atoms with Crippen LogP contribution in [0.25, 0.3) is 0 Å². The van der Waals surface area contributed by atoms with E-state index in [1.165, 1.54) is 0 Å². The van der Waals surface area contributed by atoms with Gasteiger partial charge in [-0.1, -0.05) is 5.10 Å². The van der Waals surface area contributed by atoms with E-state index in [9.17, 15) is 4.39 Å². The van der Waals surface area contributed by atoms with Crippen LogP contribution in [-0.4, -0.2) is 23.4 Å². The van der Waals surface area contributed by atoms with E-state index >= 15 is 0 Å². The zero-order chi connectivity index (χ0) is 8.10. The normalized spacial score (nSPS) is 10.0. The summed E-state index contributed by atoms with van der Waals surface area (Å²) < 4.78 is 16.5. The minimum absolute atomic E-state index is 0.171. The highest BCUT2D eigenvalue weighted by molar-refractivity contribution is 6.16. The van der Waals surface area contributed by atoms with Gasteiger partial charge in [-0.3, -0.25) is 0 Å². The minimum atomic E-state index is -0.474. The Morgan fingerprint density at radius 1 is 1.55 bits per heavy atom. The van der Waals surface area contributed by atoms with Crippen molar-refractivity contribution in [1.82, 2.24) is 10.2 Å². The van der Waals surface area contributed by atoms with E-state index in [4.69, 9.17) is 16.0 Å². The van der Waals surface area contributed by atoms with Crippen molar-refractivity contribution < 1.29 is 8.81 Å². The van der Waals surface area contributed by atoms with E-state index in [0.29, 0.717) is 5.89 Å². The maximum atomic E-state index is 11.6. The summed E-state index contributed by atoms with van der Waals surface area (Å²) in [7, 11) is 0. The van der Waals surface area contributed by atoms with Gasteiger partial charge in [-0.05, 0) is 0 Å². The Bertz CT molecular complexity index is 217. The average Bonchev–Trinajstić information content (AvgIpc) is 2.48. The van der Waals surface area contributed by atoms with Gasteiger partial charge in [0, 0.05) is 6.54 Å². The Labute approximate surface area is 67.7 Å². The molecule has 0 fully saturated rings. The number of nitrogens with zero attached hydrogens (tertiary/aromatic N) is 2. The first-order chi connectivity index (χ1) is 5.36. The Kier molecular flexibility index (Phi) is 3.10. The van der Waals surface area contributed by atoms with E-state index in [1.807, 2.05) is 0 Å². The molecule has 4 nitrogen and oxygen atoms in total. The van der Waals surface area contributed by atoms with E-state index in [2.05, 4.69) is 15.5 Å². The number of hydrogen-bond donors (Lipinski definition) is 1. The third kappa shape index (κ3) is 2.34. The Balaban J connectivity index is 2.44. The predicted molar refractivity (Wildman–Crippen MR) is 38.3 cm³/mol. The Hall–Kier alpha value is -0.840. The van der Waals surface area contributed by atoms with E-state index in [0.717, 1.165) is 0 Å². The van der Waals surface area contributed by atoms with Crippen LogP contribution in [0.2, 0.25) is 0 Å². The molecular weight excluding hydrogens is 173 g/mol. The lowest BCUT2D eigenvalue weighted by atomic mass is 10.7. The quantitative estimate of drug-likeness (QED) is 0.706. The first-order valence-electron chi connectivity index (χ1n) is 3.05. The van der Waals surface area contributed by atoms with Crippen LogP contribution in [0.4, 0.5) is 10.4 Å². The van der Waals surface area contributed by atoms with Crippen molar-refractivity contribution in [2.75, 3.05) is 18.5 Å². The van der Waals surface area contributed by atoms with Crippen molar-refractivity contribution in [3.05, 3.63) is 5.89 Å². The maximum Gasteiger partial charge on any atom is 0.315 e. The molecule has 1 rings (SSSR count). The first kappa shape index (κ1) is 8.26. The average molecular weight is 180 g/mol. The van der Waals surface area contributed by atoms with Gasteiger partial charge in [-0.15, -0.1) is 16.7 Å². The molecule has 0 aromatic carbocycles. The molecule has 1 N–H and O–H groups in total. The summed E-state index contributed by atoms with van der Waals surface area (Å²) in [6.07, 6.45) is 0. The Morgan fingerprint density at radius 3 is 2.91 bits per heavy atom. The van der Waals surface area contributed by atoms with Gasteiger partial charge in [0.05, 0.1) is 0 Å². The summed E-state index contributed by atoms with van der Waals surface area (Å²) in [5.74, 6) is 0.498. The highest BCUT2D eigenvalue weighted by Gasteiger charge is 2.02. The van der Waals surface area contributed by atoms with Gasteiger partial charge in [-0.25, -0.2) is 4.39 Å². The summed E-state index contributed by atoms with van der Waals surface area (Å²) in [4.78, 5) is 0. The molecule has 0 aliphatic carbocycles. The van der Waals surface area contributed by atoms with E-state index < -0.39 is 6.67 Å². The van der Waals surface area contributed by atoms with Crippen LogP contribution >= 0.6 is 11.6 Å². The third-order valence-corrected chi connectivity index (χ3v) is 1.18. The molecule has 0 unspecified atom stereocenters. The molecule has 62 valence electrons. The molecule has 0 radical (unpaired) electrons. The van der Waals surface area contributed by atoms with Crippen molar-refractivity contribution in [2.24, 2.45) is 0 Å². The Morgan fingerprint density at radius 2 is 2.36 bits per heavy atom. The summed E-state index contributed by atoms with van der Waals surface area (Å²) in [6, 6.07) is 0.207. The number of alkyl halides is 2. The number of halogens is 2. The molecule has 1 heterocycles. The molecule has 0 aliphatic rings. The topological polar surface area (TPSA) is 51.0 Å². The molecule has 0 bridgehead atoms. The number of anilines is 1. The summed E-state index contributed by atoms with van der Waals surface area (Å²) >= 11 is 5.38. The molecule has 0 saturated carbocycles. The standard InChI is InChI=1S/C5H7ClFN3O/c6-3-4-9-10-5(11-4)8-2-1-7/h1-3H2,(H,8,10). The number of nitrogens with one attached hydrogen (secondary N) is 1. The molecule has 0 aliphatic heterocycles. The van der Waals surface area contributed by atoms with Crippen molar-refractivity contribution in [3.63, 3.8) is 0 Å². The van der Waals surface area contributed by atoms with Crippen LogP contribution < -0.4 is 5.32 Å². The van der Waals surface area contributed by atoms with Crippen molar-refractivity contribution in [3.8, 4) is 0 Å². The van der Waals surface area contributed by atoms with Crippen LogP contribution in [0.15, 0.2) is 4.42 Å². The fourth-order valence-corrected chi connectivity index (χ4v) is 0.641. The SMILES string of the molecule is FCCNc1nnc(CCl)o1. The fourth-order valence-electron chi connectivity index (χ4n) is 0.533. The smallest absolute Gasteiger partial charge is 0.315 e. The molecule has 0 atom stereocenters. The molecule has 0 amide bonds. The molecule has 6 heteroatoms. The van der Waals surface area contributed by atoms with Crippen LogP contribution in [0, 0.1) is 0 Å². The van der Waals surface area contributed by atoms with Crippen LogP contribution in [-0.2, 0) is 5.88 Å². The van der Waals surface area contributed by atoms with Gasteiger partial charge in [0.25, 0.3) is 0 Å². The summed E-state index contributed by atoms with van der Waals surface area (Å²) in [5.41, 5.74) is 0. The zero-order valence-electron chi connectivity index (χ0n) is 5.68. The van der Waals surface area contributed by atoms with Gasteiger partial charge >= 0.3 is 6.01 Å². The molecule has 1 aromatic heterocycles. The highest BCUT2D eigenvalue weighted by atomic mass is 35.5. The second kappa shape index (κ2) is 4.12. The van der Waals surface area contributed by atoms with E-state index in [1.54, 1.807) is 0 Å². The van der Waals surface area contributed by atoms with Crippen LogP contribution in [0.5, 0.6) is 0 Å². The predicted octanol–water partition coefficient (Wildman–Crippen LogP) is 1.19. The molecule has 0 spiro atoms. The van der Waals surface area contributed by atoms with Gasteiger partial charge in [0.15, 0.2) is 0 Å². The molecule has 1 aromatic rings. The van der Waals surface area contributed by atoms with Crippen molar-refractivity contribution in [1.29, 1.82) is 0 Å².